The second-order valence-electron chi connectivity index (χ2n) is 4.58. The van der Waals surface area contributed by atoms with Crippen molar-refractivity contribution in [2.24, 2.45) is 11.3 Å². The van der Waals surface area contributed by atoms with Gasteiger partial charge in [-0.25, -0.2) is 8.78 Å². The van der Waals surface area contributed by atoms with Crippen LogP contribution in [0.25, 0.3) is 0 Å². The molecule has 3 nitrogen and oxygen atoms in total. The van der Waals surface area contributed by atoms with Crippen LogP contribution in [0.2, 0.25) is 0 Å². The molecular weight excluding hydrogens is 204 g/mol. The number of carboxylic acid groups (broad SMARTS) is 1. The SMILES string of the molecule is O=C(O)C12CCCCC(CNC1)C2(F)F. The van der Waals surface area contributed by atoms with E-state index in [0.717, 1.165) is 0 Å². The molecule has 86 valence electrons. The molecular formula is C10H15F2NO2. The number of nitrogens with one attached hydrogen (secondary N) is 1. The molecule has 1 saturated heterocycles. The fourth-order valence-corrected chi connectivity index (χ4v) is 2.78. The minimum atomic E-state index is -3.07. The number of carboxylic acids is 1. The zero-order chi connectivity index (χ0) is 11.1. The maximum Gasteiger partial charge on any atom is 0.317 e. The molecule has 0 aromatic rings. The number of halogens is 2. The lowest BCUT2D eigenvalue weighted by Crippen LogP contribution is -2.62. The maximum atomic E-state index is 14.1. The zero-order valence-corrected chi connectivity index (χ0v) is 8.43. The van der Waals surface area contributed by atoms with Crippen LogP contribution in [0, 0.1) is 11.3 Å². The summed E-state index contributed by atoms with van der Waals surface area (Å²) >= 11 is 0. The molecule has 2 N–H and O–H groups in total. The first-order chi connectivity index (χ1) is 7.01. The highest BCUT2D eigenvalue weighted by Crippen LogP contribution is 2.51. The molecule has 2 atom stereocenters. The van der Waals surface area contributed by atoms with Gasteiger partial charge in [-0.2, -0.15) is 0 Å². The number of hydrogen-bond donors (Lipinski definition) is 2. The van der Waals surface area contributed by atoms with Crippen LogP contribution in [0.4, 0.5) is 8.78 Å². The van der Waals surface area contributed by atoms with Gasteiger partial charge in [-0.3, -0.25) is 4.79 Å². The second-order valence-corrected chi connectivity index (χ2v) is 4.58. The molecule has 0 aromatic heterocycles. The lowest BCUT2D eigenvalue weighted by Gasteiger charge is -2.43. The third kappa shape index (κ3) is 1.36. The van der Waals surface area contributed by atoms with E-state index < -0.39 is 23.2 Å². The molecule has 1 aliphatic heterocycles. The molecule has 0 radical (unpaired) electrons. The molecule has 0 spiro atoms. The average Bonchev–Trinajstić information content (AvgIpc) is 2.24. The first-order valence-electron chi connectivity index (χ1n) is 5.33. The van der Waals surface area contributed by atoms with Crippen LogP contribution in [0.15, 0.2) is 0 Å². The third-order valence-electron chi connectivity index (χ3n) is 3.78. The van der Waals surface area contributed by atoms with Gasteiger partial charge in [0, 0.05) is 19.0 Å². The molecule has 1 saturated carbocycles. The highest BCUT2D eigenvalue weighted by molar-refractivity contribution is 5.76. The summed E-state index contributed by atoms with van der Waals surface area (Å²) in [4.78, 5) is 11.1. The van der Waals surface area contributed by atoms with Crippen LogP contribution in [0.1, 0.15) is 25.7 Å². The molecule has 0 aromatic carbocycles. The molecule has 2 aliphatic rings. The highest BCUT2D eigenvalue weighted by atomic mass is 19.3. The van der Waals surface area contributed by atoms with Crippen LogP contribution in [0.3, 0.4) is 0 Å². The normalized spacial score (nSPS) is 39.5. The van der Waals surface area contributed by atoms with Gasteiger partial charge in [0.05, 0.1) is 0 Å². The van der Waals surface area contributed by atoms with E-state index in [1.165, 1.54) is 0 Å². The Labute approximate surface area is 86.8 Å². The van der Waals surface area contributed by atoms with Crippen molar-refractivity contribution in [2.45, 2.75) is 31.6 Å². The number of carbonyl (C=O) groups is 1. The summed E-state index contributed by atoms with van der Waals surface area (Å²) in [5.74, 6) is -5.24. The van der Waals surface area contributed by atoms with E-state index in [1.807, 2.05) is 0 Å². The number of rotatable bonds is 1. The van der Waals surface area contributed by atoms with Crippen LogP contribution in [-0.2, 0) is 4.79 Å². The monoisotopic (exact) mass is 219 g/mol. The van der Waals surface area contributed by atoms with Crippen molar-refractivity contribution in [1.82, 2.24) is 5.32 Å². The van der Waals surface area contributed by atoms with Crippen LogP contribution in [-0.4, -0.2) is 30.1 Å². The molecule has 2 fully saturated rings. The number of aliphatic carboxylic acids is 1. The second kappa shape index (κ2) is 3.40. The van der Waals surface area contributed by atoms with Crippen LogP contribution in [0.5, 0.6) is 0 Å². The lowest BCUT2D eigenvalue weighted by molar-refractivity contribution is -0.201. The summed E-state index contributed by atoms with van der Waals surface area (Å²) in [6.45, 7) is 0.133. The van der Waals surface area contributed by atoms with Gasteiger partial charge in [-0.1, -0.05) is 12.8 Å². The van der Waals surface area contributed by atoms with Crippen molar-refractivity contribution in [3.63, 3.8) is 0 Å². The lowest BCUT2D eigenvalue weighted by atomic mass is 9.71. The van der Waals surface area contributed by atoms with E-state index in [9.17, 15) is 13.6 Å². The minimum Gasteiger partial charge on any atom is -0.481 e. The van der Waals surface area contributed by atoms with Gasteiger partial charge in [0.15, 0.2) is 0 Å². The third-order valence-corrected chi connectivity index (χ3v) is 3.78. The Bertz CT molecular complexity index is 283. The number of fused-ring (bicyclic) bond motifs is 2. The summed E-state index contributed by atoms with van der Waals surface area (Å²) in [6, 6.07) is 0. The van der Waals surface area contributed by atoms with Crippen molar-refractivity contribution >= 4 is 5.97 Å². The highest BCUT2D eigenvalue weighted by Gasteiger charge is 2.64. The standard InChI is InChI=1S/C10H15F2NO2/c11-10(12)7-3-1-2-4-9(10,8(14)15)6-13-5-7/h7,13H,1-6H2,(H,14,15). The van der Waals surface area contributed by atoms with E-state index in [2.05, 4.69) is 5.32 Å². The molecule has 2 bridgehead atoms. The first kappa shape index (κ1) is 10.8. The number of alkyl halides is 2. The Balaban J connectivity index is 2.42. The van der Waals surface area contributed by atoms with E-state index >= 15 is 0 Å². The predicted octanol–water partition coefficient (Wildman–Crippen LogP) is 1.49. The van der Waals surface area contributed by atoms with E-state index in [-0.39, 0.29) is 19.5 Å². The van der Waals surface area contributed by atoms with E-state index in [4.69, 9.17) is 5.11 Å². The topological polar surface area (TPSA) is 49.3 Å². The molecule has 15 heavy (non-hydrogen) atoms. The predicted molar refractivity (Wildman–Crippen MR) is 49.8 cm³/mol. The van der Waals surface area contributed by atoms with E-state index in [1.54, 1.807) is 0 Å². The zero-order valence-electron chi connectivity index (χ0n) is 8.43. The van der Waals surface area contributed by atoms with Crippen molar-refractivity contribution < 1.29 is 18.7 Å². The van der Waals surface area contributed by atoms with Crippen molar-refractivity contribution in [3.05, 3.63) is 0 Å². The molecule has 2 rings (SSSR count). The minimum absolute atomic E-state index is 0.0822. The molecule has 5 heteroatoms. The van der Waals surface area contributed by atoms with Gasteiger partial charge >= 0.3 is 5.97 Å². The Morgan fingerprint density at radius 3 is 2.80 bits per heavy atom. The summed E-state index contributed by atoms with van der Waals surface area (Å²) in [5.41, 5.74) is -1.87. The summed E-state index contributed by atoms with van der Waals surface area (Å²) in [5, 5.41) is 11.9. The van der Waals surface area contributed by atoms with Gasteiger partial charge in [0.25, 0.3) is 5.92 Å². The van der Waals surface area contributed by atoms with Gasteiger partial charge in [-0.05, 0) is 12.8 Å². The summed E-state index contributed by atoms with van der Waals surface area (Å²) in [6.07, 6.45) is 1.80. The van der Waals surface area contributed by atoms with Crippen LogP contribution >= 0.6 is 0 Å². The average molecular weight is 219 g/mol. The smallest absolute Gasteiger partial charge is 0.317 e. The Kier molecular flexibility index (Phi) is 2.45. The van der Waals surface area contributed by atoms with Gasteiger partial charge in [0.2, 0.25) is 0 Å². The van der Waals surface area contributed by atoms with Gasteiger partial charge in [0.1, 0.15) is 5.41 Å². The first-order valence-corrected chi connectivity index (χ1v) is 5.33. The number of piperidine rings is 1. The summed E-state index contributed by atoms with van der Waals surface area (Å²) in [7, 11) is 0. The fourth-order valence-electron chi connectivity index (χ4n) is 2.78. The van der Waals surface area contributed by atoms with Crippen molar-refractivity contribution in [3.8, 4) is 0 Å². The Morgan fingerprint density at radius 2 is 2.13 bits per heavy atom. The Hall–Kier alpha value is -0.710. The van der Waals surface area contributed by atoms with Gasteiger partial charge in [-0.15, -0.1) is 0 Å². The van der Waals surface area contributed by atoms with Crippen molar-refractivity contribution in [2.75, 3.05) is 13.1 Å². The molecule has 0 amide bonds. The van der Waals surface area contributed by atoms with Gasteiger partial charge < -0.3 is 10.4 Å². The quantitative estimate of drug-likeness (QED) is 0.702. The molecule has 1 heterocycles. The van der Waals surface area contributed by atoms with Crippen molar-refractivity contribution in [1.29, 1.82) is 0 Å². The van der Waals surface area contributed by atoms with Crippen LogP contribution < -0.4 is 5.32 Å². The molecule has 2 unspecified atom stereocenters. The largest absolute Gasteiger partial charge is 0.481 e. The maximum absolute atomic E-state index is 14.1. The van der Waals surface area contributed by atoms with E-state index in [0.29, 0.717) is 19.3 Å². The number of hydrogen-bond acceptors (Lipinski definition) is 2. The Morgan fingerprint density at radius 1 is 1.40 bits per heavy atom. The molecule has 1 aliphatic carbocycles. The fraction of sp³-hybridized carbons (Fsp3) is 0.900. The summed E-state index contributed by atoms with van der Waals surface area (Å²) < 4.78 is 28.1.